The van der Waals surface area contributed by atoms with Gasteiger partial charge in [-0.05, 0) is 24.5 Å². The molecule has 0 radical (unpaired) electrons. The van der Waals surface area contributed by atoms with Crippen molar-refractivity contribution in [3.05, 3.63) is 22.4 Å². The van der Waals surface area contributed by atoms with Crippen molar-refractivity contribution in [3.63, 3.8) is 0 Å². The van der Waals surface area contributed by atoms with Crippen LogP contribution in [0.25, 0.3) is 0 Å². The summed E-state index contributed by atoms with van der Waals surface area (Å²) in [6.07, 6.45) is 1.02. The Labute approximate surface area is 88.4 Å². The Bertz CT molecular complexity index is 418. The van der Waals surface area contributed by atoms with E-state index in [-0.39, 0.29) is 6.10 Å². The van der Waals surface area contributed by atoms with E-state index < -0.39 is 0 Å². The average molecular weight is 206 g/mol. The van der Waals surface area contributed by atoms with E-state index in [1.165, 1.54) is 11.1 Å². The van der Waals surface area contributed by atoms with E-state index in [0.29, 0.717) is 19.0 Å². The van der Waals surface area contributed by atoms with Crippen LogP contribution in [0.5, 0.6) is 0 Å². The van der Waals surface area contributed by atoms with Gasteiger partial charge in [0.2, 0.25) is 0 Å². The molecule has 0 amide bonds. The van der Waals surface area contributed by atoms with Gasteiger partial charge in [0.15, 0.2) is 0 Å². The van der Waals surface area contributed by atoms with Gasteiger partial charge in [-0.3, -0.25) is 0 Å². The summed E-state index contributed by atoms with van der Waals surface area (Å²) in [5.41, 5.74) is 10.6. The molecule has 0 aromatic carbocycles. The maximum Gasteiger partial charge on any atom is 0.129 e. The number of rotatable bonds is 0. The summed E-state index contributed by atoms with van der Waals surface area (Å²) in [6, 6.07) is 0. The van der Waals surface area contributed by atoms with Gasteiger partial charge in [-0.25, -0.2) is 4.98 Å². The van der Waals surface area contributed by atoms with Gasteiger partial charge in [-0.1, -0.05) is 0 Å². The fraction of sp³-hybridized carbons (Fsp3) is 0.545. The quantitative estimate of drug-likeness (QED) is 0.695. The second kappa shape index (κ2) is 3.18. The lowest BCUT2D eigenvalue weighted by atomic mass is 9.97. The molecule has 4 heteroatoms. The van der Waals surface area contributed by atoms with Crippen LogP contribution >= 0.6 is 0 Å². The summed E-state index contributed by atoms with van der Waals surface area (Å²) in [4.78, 5) is 4.41. The molecule has 0 spiro atoms. The molecule has 0 bridgehead atoms. The first-order valence-electron chi connectivity index (χ1n) is 5.26. The van der Waals surface area contributed by atoms with Crippen LogP contribution in [0.1, 0.15) is 35.4 Å². The van der Waals surface area contributed by atoms with Crippen molar-refractivity contribution >= 4 is 5.82 Å². The number of nitrogen functional groups attached to an aromatic ring is 1. The zero-order chi connectivity index (χ0) is 10.4. The average Bonchev–Trinajstić information content (AvgIpc) is 2.62. The maximum absolute atomic E-state index is 5.94. The summed E-state index contributed by atoms with van der Waals surface area (Å²) in [5, 5.41) is 0. The predicted molar refractivity (Wildman–Crippen MR) is 55.2 cm³/mol. The lowest BCUT2D eigenvalue weighted by Crippen LogP contribution is -2.16. The summed E-state index contributed by atoms with van der Waals surface area (Å²) >= 11 is 0. The van der Waals surface area contributed by atoms with Crippen molar-refractivity contribution in [2.45, 2.75) is 32.7 Å². The van der Waals surface area contributed by atoms with E-state index in [0.717, 1.165) is 24.3 Å². The van der Waals surface area contributed by atoms with Crippen LogP contribution in [0.3, 0.4) is 0 Å². The van der Waals surface area contributed by atoms with Gasteiger partial charge in [0, 0.05) is 5.56 Å². The van der Waals surface area contributed by atoms with Gasteiger partial charge in [0.05, 0.1) is 31.6 Å². The van der Waals surface area contributed by atoms with Crippen LogP contribution in [0.2, 0.25) is 0 Å². The molecule has 0 aliphatic carbocycles. The van der Waals surface area contributed by atoms with Gasteiger partial charge in [0.1, 0.15) is 5.82 Å². The SMILES string of the molecule is C[C@H]1OCc2c3c(nc(N)c21)COCC3. The van der Waals surface area contributed by atoms with Crippen molar-refractivity contribution in [1.82, 2.24) is 4.98 Å². The molecule has 15 heavy (non-hydrogen) atoms. The van der Waals surface area contributed by atoms with Crippen molar-refractivity contribution < 1.29 is 9.47 Å². The van der Waals surface area contributed by atoms with Gasteiger partial charge < -0.3 is 15.2 Å². The fourth-order valence-electron chi connectivity index (χ4n) is 2.43. The Hall–Kier alpha value is -1.13. The third-order valence-corrected chi connectivity index (χ3v) is 3.19. The highest BCUT2D eigenvalue weighted by Gasteiger charge is 2.28. The zero-order valence-corrected chi connectivity index (χ0v) is 8.75. The standard InChI is InChI=1S/C11H14N2O2/c1-6-10-8(4-15-6)7-2-3-14-5-9(7)13-11(10)12/h6H,2-5H2,1H3,(H2,12,13)/t6-/m1/s1. The number of hydrogen-bond acceptors (Lipinski definition) is 4. The van der Waals surface area contributed by atoms with Crippen molar-refractivity contribution in [1.29, 1.82) is 0 Å². The number of nitrogens with two attached hydrogens (primary N) is 1. The molecule has 0 saturated carbocycles. The van der Waals surface area contributed by atoms with Crippen LogP contribution in [-0.4, -0.2) is 11.6 Å². The lowest BCUT2D eigenvalue weighted by Gasteiger charge is -2.19. The molecule has 2 aliphatic heterocycles. The van der Waals surface area contributed by atoms with Crippen molar-refractivity contribution in [3.8, 4) is 0 Å². The molecule has 1 atom stereocenters. The maximum atomic E-state index is 5.94. The van der Waals surface area contributed by atoms with E-state index in [2.05, 4.69) is 4.98 Å². The van der Waals surface area contributed by atoms with Gasteiger partial charge in [-0.2, -0.15) is 0 Å². The summed E-state index contributed by atoms with van der Waals surface area (Å²) in [5.74, 6) is 0.610. The first-order chi connectivity index (χ1) is 7.27. The molecule has 3 heterocycles. The van der Waals surface area contributed by atoms with Gasteiger partial charge in [-0.15, -0.1) is 0 Å². The molecule has 1 aromatic rings. The third kappa shape index (κ3) is 1.25. The molecular weight excluding hydrogens is 192 g/mol. The molecule has 80 valence electrons. The number of nitrogens with zero attached hydrogens (tertiary/aromatic N) is 1. The van der Waals surface area contributed by atoms with Gasteiger partial charge in [0.25, 0.3) is 0 Å². The molecule has 2 N–H and O–H groups in total. The molecule has 0 saturated heterocycles. The van der Waals surface area contributed by atoms with Crippen LogP contribution < -0.4 is 5.73 Å². The van der Waals surface area contributed by atoms with E-state index >= 15 is 0 Å². The Morgan fingerprint density at radius 2 is 2.20 bits per heavy atom. The number of anilines is 1. The number of hydrogen-bond donors (Lipinski definition) is 1. The largest absolute Gasteiger partial charge is 0.383 e. The normalized spacial score (nSPS) is 23.7. The molecule has 1 aromatic heterocycles. The minimum Gasteiger partial charge on any atom is -0.383 e. The Balaban J connectivity index is 2.22. The summed E-state index contributed by atoms with van der Waals surface area (Å²) in [6.45, 7) is 4.06. The van der Waals surface area contributed by atoms with E-state index in [4.69, 9.17) is 15.2 Å². The van der Waals surface area contributed by atoms with Crippen molar-refractivity contribution in [2.24, 2.45) is 0 Å². The Kier molecular flexibility index (Phi) is 1.94. The molecule has 3 rings (SSSR count). The second-order valence-electron chi connectivity index (χ2n) is 4.07. The summed E-state index contributed by atoms with van der Waals surface area (Å²) < 4.78 is 11.0. The lowest BCUT2D eigenvalue weighted by molar-refractivity contribution is 0.0788. The van der Waals surface area contributed by atoms with Crippen LogP contribution in [0, 0.1) is 0 Å². The number of ether oxygens (including phenoxy) is 2. The smallest absolute Gasteiger partial charge is 0.129 e. The molecule has 0 fully saturated rings. The van der Waals surface area contributed by atoms with Crippen LogP contribution in [0.15, 0.2) is 0 Å². The minimum absolute atomic E-state index is 0.0839. The van der Waals surface area contributed by atoms with Crippen molar-refractivity contribution in [2.75, 3.05) is 12.3 Å². The minimum atomic E-state index is 0.0839. The highest BCUT2D eigenvalue weighted by molar-refractivity contribution is 5.53. The van der Waals surface area contributed by atoms with E-state index in [1.54, 1.807) is 0 Å². The van der Waals surface area contributed by atoms with Gasteiger partial charge >= 0.3 is 0 Å². The highest BCUT2D eigenvalue weighted by atomic mass is 16.5. The topological polar surface area (TPSA) is 57.4 Å². The molecular formula is C11H14N2O2. The monoisotopic (exact) mass is 206 g/mol. The zero-order valence-electron chi connectivity index (χ0n) is 8.75. The van der Waals surface area contributed by atoms with E-state index in [1.807, 2.05) is 6.92 Å². The van der Waals surface area contributed by atoms with Crippen LogP contribution in [-0.2, 0) is 29.1 Å². The molecule has 2 aliphatic rings. The Morgan fingerprint density at radius 3 is 3.07 bits per heavy atom. The molecule has 4 nitrogen and oxygen atoms in total. The second-order valence-corrected chi connectivity index (χ2v) is 4.07. The fourth-order valence-corrected chi connectivity index (χ4v) is 2.43. The number of pyridine rings is 1. The van der Waals surface area contributed by atoms with E-state index in [9.17, 15) is 0 Å². The first kappa shape index (κ1) is 9.12. The number of fused-ring (bicyclic) bond motifs is 3. The Morgan fingerprint density at radius 1 is 1.33 bits per heavy atom. The third-order valence-electron chi connectivity index (χ3n) is 3.19. The highest BCUT2D eigenvalue weighted by Crippen LogP contribution is 2.37. The molecule has 0 unspecified atom stereocenters. The number of aromatic nitrogens is 1. The summed E-state index contributed by atoms with van der Waals surface area (Å²) in [7, 11) is 0. The van der Waals surface area contributed by atoms with Crippen LogP contribution in [0.4, 0.5) is 5.82 Å². The first-order valence-corrected chi connectivity index (χ1v) is 5.26. The predicted octanol–water partition coefficient (Wildman–Crippen LogP) is 1.33.